The van der Waals surface area contributed by atoms with Gasteiger partial charge in [0, 0.05) is 18.5 Å². The van der Waals surface area contributed by atoms with Gasteiger partial charge in [-0.05, 0) is 29.7 Å². The van der Waals surface area contributed by atoms with Gasteiger partial charge in [0.2, 0.25) is 0 Å². The van der Waals surface area contributed by atoms with Crippen molar-refractivity contribution in [3.8, 4) is 0 Å². The highest BCUT2D eigenvalue weighted by atomic mass is 35.5. The van der Waals surface area contributed by atoms with E-state index in [4.69, 9.17) is 16.6 Å². The average molecular weight is 289 g/mol. The van der Waals surface area contributed by atoms with Crippen LogP contribution in [0.1, 0.15) is 32.4 Å². The normalized spacial score (nSPS) is 18.4. The summed E-state index contributed by atoms with van der Waals surface area (Å²) < 4.78 is 0. The van der Waals surface area contributed by atoms with E-state index in [1.165, 1.54) is 23.6 Å². The van der Waals surface area contributed by atoms with Gasteiger partial charge in [-0.25, -0.2) is 4.98 Å². The molecule has 3 rings (SSSR count). The van der Waals surface area contributed by atoms with Crippen LogP contribution in [0.25, 0.3) is 10.8 Å². The lowest BCUT2D eigenvalue weighted by molar-refractivity contribution is 0.279. The first-order valence-corrected chi connectivity index (χ1v) is 7.82. The van der Waals surface area contributed by atoms with Crippen molar-refractivity contribution in [2.24, 2.45) is 5.41 Å². The zero-order chi connectivity index (χ0) is 14.2. The van der Waals surface area contributed by atoms with Crippen LogP contribution in [0.3, 0.4) is 0 Å². The number of hydrogen-bond donors (Lipinski definition) is 0. The number of hydrogen-bond acceptors (Lipinski definition) is 2. The molecule has 0 radical (unpaired) electrons. The molecule has 0 aliphatic carbocycles. The lowest BCUT2D eigenvalue weighted by Crippen LogP contribution is -2.37. The minimum Gasteiger partial charge on any atom is -0.356 e. The number of benzene rings is 1. The predicted molar refractivity (Wildman–Crippen MR) is 86.5 cm³/mol. The number of anilines is 1. The molecule has 2 heterocycles. The molecular weight excluding hydrogens is 268 g/mol. The first kappa shape index (κ1) is 13.7. The van der Waals surface area contributed by atoms with Gasteiger partial charge in [0.1, 0.15) is 5.82 Å². The fourth-order valence-electron chi connectivity index (χ4n) is 2.87. The molecule has 0 N–H and O–H groups in total. The third-order valence-electron chi connectivity index (χ3n) is 4.33. The van der Waals surface area contributed by atoms with Gasteiger partial charge >= 0.3 is 0 Å². The van der Waals surface area contributed by atoms with Gasteiger partial charge in [0.05, 0.1) is 11.6 Å². The molecule has 1 saturated heterocycles. The Morgan fingerprint density at radius 1 is 1.20 bits per heavy atom. The molecule has 1 aliphatic rings. The van der Waals surface area contributed by atoms with Crippen molar-refractivity contribution in [2.45, 2.75) is 32.6 Å². The molecule has 1 aromatic carbocycles. The smallest absolute Gasteiger partial charge is 0.136 e. The average Bonchev–Trinajstić information content (AvgIpc) is 2.46. The molecule has 2 nitrogen and oxygen atoms in total. The van der Waals surface area contributed by atoms with Gasteiger partial charge in [-0.2, -0.15) is 0 Å². The number of aromatic nitrogens is 1. The number of piperidine rings is 1. The largest absolute Gasteiger partial charge is 0.356 e. The molecule has 1 fully saturated rings. The van der Waals surface area contributed by atoms with Gasteiger partial charge in [0.15, 0.2) is 0 Å². The zero-order valence-corrected chi connectivity index (χ0v) is 13.0. The van der Waals surface area contributed by atoms with Crippen molar-refractivity contribution in [3.63, 3.8) is 0 Å². The Hall–Kier alpha value is -1.28. The maximum absolute atomic E-state index is 6.00. The van der Waals surface area contributed by atoms with E-state index in [0.29, 0.717) is 11.3 Å². The second-order valence-electron chi connectivity index (χ2n) is 6.44. The van der Waals surface area contributed by atoms with Crippen molar-refractivity contribution >= 4 is 28.2 Å². The maximum Gasteiger partial charge on any atom is 0.136 e. The Labute approximate surface area is 125 Å². The summed E-state index contributed by atoms with van der Waals surface area (Å²) in [6.45, 7) is 6.86. The molecule has 0 spiro atoms. The summed E-state index contributed by atoms with van der Waals surface area (Å²) in [6.07, 6.45) is 2.43. The predicted octanol–water partition coefficient (Wildman–Crippen LogP) is 4.60. The van der Waals surface area contributed by atoms with Crippen LogP contribution in [-0.2, 0) is 5.88 Å². The van der Waals surface area contributed by atoms with Crippen LogP contribution in [-0.4, -0.2) is 18.1 Å². The maximum atomic E-state index is 6.00. The van der Waals surface area contributed by atoms with Gasteiger partial charge in [-0.15, -0.1) is 11.6 Å². The molecular formula is C17H21ClN2. The standard InChI is InChI=1S/C17H21ClN2/c1-17(2)7-9-20(10-8-17)16-15-6-4-3-5-13(15)11-14(12-18)19-16/h3-6,11H,7-10,12H2,1-2H3. The number of pyridine rings is 1. The molecule has 1 aromatic heterocycles. The third kappa shape index (κ3) is 2.62. The summed E-state index contributed by atoms with van der Waals surface area (Å²) in [5.74, 6) is 1.58. The third-order valence-corrected chi connectivity index (χ3v) is 4.60. The van der Waals surface area contributed by atoms with Gasteiger partial charge in [-0.3, -0.25) is 0 Å². The highest BCUT2D eigenvalue weighted by Crippen LogP contribution is 2.34. The van der Waals surface area contributed by atoms with Crippen LogP contribution < -0.4 is 4.90 Å². The highest BCUT2D eigenvalue weighted by Gasteiger charge is 2.26. The molecule has 0 saturated carbocycles. The van der Waals surface area contributed by atoms with E-state index in [2.05, 4.69) is 49.1 Å². The SMILES string of the molecule is CC1(C)CCN(c2nc(CCl)cc3ccccc23)CC1. The lowest BCUT2D eigenvalue weighted by Gasteiger charge is -2.38. The molecule has 0 amide bonds. The van der Waals surface area contributed by atoms with Gasteiger partial charge in [-0.1, -0.05) is 38.1 Å². The molecule has 0 bridgehead atoms. The second kappa shape index (κ2) is 5.25. The minimum atomic E-state index is 0.455. The van der Waals surface area contributed by atoms with Crippen LogP contribution in [0.4, 0.5) is 5.82 Å². The highest BCUT2D eigenvalue weighted by molar-refractivity contribution is 6.17. The topological polar surface area (TPSA) is 16.1 Å². The van der Waals surface area contributed by atoms with Crippen molar-refractivity contribution in [2.75, 3.05) is 18.0 Å². The number of fused-ring (bicyclic) bond motifs is 1. The van der Waals surface area contributed by atoms with Gasteiger partial charge in [0.25, 0.3) is 0 Å². The van der Waals surface area contributed by atoms with Crippen LogP contribution in [0.15, 0.2) is 30.3 Å². The molecule has 106 valence electrons. The van der Waals surface area contributed by atoms with E-state index in [9.17, 15) is 0 Å². The zero-order valence-electron chi connectivity index (χ0n) is 12.2. The summed E-state index contributed by atoms with van der Waals surface area (Å²) in [7, 11) is 0. The van der Waals surface area contributed by atoms with Crippen molar-refractivity contribution in [3.05, 3.63) is 36.0 Å². The molecule has 1 aliphatic heterocycles. The molecule has 0 unspecified atom stereocenters. The summed E-state index contributed by atoms with van der Waals surface area (Å²) in [4.78, 5) is 7.21. The molecule has 20 heavy (non-hydrogen) atoms. The van der Waals surface area contributed by atoms with E-state index in [1.54, 1.807) is 0 Å². The summed E-state index contributed by atoms with van der Waals surface area (Å²) in [5, 5.41) is 2.47. The van der Waals surface area contributed by atoms with E-state index >= 15 is 0 Å². The molecule has 2 aromatic rings. The summed E-state index contributed by atoms with van der Waals surface area (Å²) in [6, 6.07) is 10.6. The van der Waals surface area contributed by atoms with Crippen molar-refractivity contribution in [1.29, 1.82) is 0 Å². The fourth-order valence-corrected chi connectivity index (χ4v) is 3.00. The number of rotatable bonds is 2. The Morgan fingerprint density at radius 2 is 1.90 bits per heavy atom. The Balaban J connectivity index is 2.02. The van der Waals surface area contributed by atoms with Crippen LogP contribution in [0, 0.1) is 5.41 Å². The second-order valence-corrected chi connectivity index (χ2v) is 6.71. The summed E-state index contributed by atoms with van der Waals surface area (Å²) >= 11 is 6.00. The minimum absolute atomic E-state index is 0.455. The number of nitrogens with zero attached hydrogens (tertiary/aromatic N) is 2. The lowest BCUT2D eigenvalue weighted by atomic mass is 9.82. The van der Waals surface area contributed by atoms with E-state index < -0.39 is 0 Å². The molecule has 3 heteroatoms. The fraction of sp³-hybridized carbons (Fsp3) is 0.471. The number of alkyl halides is 1. The first-order valence-electron chi connectivity index (χ1n) is 7.29. The summed E-state index contributed by atoms with van der Waals surface area (Å²) in [5.41, 5.74) is 1.42. The van der Waals surface area contributed by atoms with Crippen LogP contribution in [0.2, 0.25) is 0 Å². The quantitative estimate of drug-likeness (QED) is 0.751. The monoisotopic (exact) mass is 288 g/mol. The molecule has 0 atom stereocenters. The number of halogens is 1. The van der Waals surface area contributed by atoms with E-state index in [-0.39, 0.29) is 0 Å². The van der Waals surface area contributed by atoms with Crippen molar-refractivity contribution in [1.82, 2.24) is 4.98 Å². The van der Waals surface area contributed by atoms with E-state index in [0.717, 1.165) is 24.6 Å². The Morgan fingerprint density at radius 3 is 2.60 bits per heavy atom. The van der Waals surface area contributed by atoms with E-state index in [1.807, 2.05) is 0 Å². The van der Waals surface area contributed by atoms with Gasteiger partial charge < -0.3 is 4.90 Å². The Bertz CT molecular complexity index is 611. The first-order chi connectivity index (χ1) is 9.59. The van der Waals surface area contributed by atoms with Crippen molar-refractivity contribution < 1.29 is 0 Å². The Kier molecular flexibility index (Phi) is 3.59. The van der Waals surface area contributed by atoms with Crippen LogP contribution in [0.5, 0.6) is 0 Å². The van der Waals surface area contributed by atoms with Crippen LogP contribution >= 0.6 is 11.6 Å².